The summed E-state index contributed by atoms with van der Waals surface area (Å²) in [5.74, 6) is -0.755. The third-order valence-corrected chi connectivity index (χ3v) is 4.31. The van der Waals surface area contributed by atoms with Crippen molar-refractivity contribution >= 4 is 18.0 Å². The lowest BCUT2D eigenvalue weighted by atomic mass is 10.0. The van der Waals surface area contributed by atoms with E-state index in [1.54, 1.807) is 0 Å². The smallest absolute Gasteiger partial charge is 0.407 e. The lowest BCUT2D eigenvalue weighted by Gasteiger charge is -2.20. The highest BCUT2D eigenvalue weighted by molar-refractivity contribution is 5.85. The minimum atomic E-state index is -0.717. The summed E-state index contributed by atoms with van der Waals surface area (Å²) in [5.41, 5.74) is 0.905. The monoisotopic (exact) mass is 378 g/mol. The molecule has 27 heavy (non-hydrogen) atoms. The zero-order chi connectivity index (χ0) is 20.1. The van der Waals surface area contributed by atoms with Crippen LogP contribution in [0, 0.1) is 5.92 Å². The molecule has 1 aromatic carbocycles. The summed E-state index contributed by atoms with van der Waals surface area (Å²) in [6.07, 6.45) is 1.78. The highest BCUT2D eigenvalue weighted by atomic mass is 16.5. The van der Waals surface area contributed by atoms with Gasteiger partial charge in [-0.15, -0.1) is 0 Å². The van der Waals surface area contributed by atoms with Crippen molar-refractivity contribution in [2.24, 2.45) is 5.92 Å². The number of methoxy groups -OCH3 is 1. The predicted octanol–water partition coefficient (Wildman–Crippen LogP) is 2.79. The average Bonchev–Trinajstić information content (AvgIpc) is 2.69. The molecule has 0 fully saturated rings. The van der Waals surface area contributed by atoms with Crippen LogP contribution >= 0.6 is 0 Å². The van der Waals surface area contributed by atoms with Gasteiger partial charge < -0.3 is 20.1 Å². The maximum absolute atomic E-state index is 12.2. The van der Waals surface area contributed by atoms with Crippen molar-refractivity contribution in [3.05, 3.63) is 35.9 Å². The molecule has 0 aliphatic carbocycles. The molecule has 0 radical (unpaired) electrons. The lowest BCUT2D eigenvalue weighted by Crippen LogP contribution is -2.44. The number of esters is 1. The van der Waals surface area contributed by atoms with Crippen molar-refractivity contribution in [3.8, 4) is 0 Å². The predicted molar refractivity (Wildman–Crippen MR) is 102 cm³/mol. The summed E-state index contributed by atoms with van der Waals surface area (Å²) in [6, 6.07) is 8.67. The summed E-state index contributed by atoms with van der Waals surface area (Å²) in [5, 5.41) is 5.38. The fourth-order valence-electron chi connectivity index (χ4n) is 2.61. The summed E-state index contributed by atoms with van der Waals surface area (Å²) >= 11 is 0. The molecular weight excluding hydrogens is 348 g/mol. The van der Waals surface area contributed by atoms with Crippen LogP contribution in [0.2, 0.25) is 0 Å². The molecule has 1 aromatic rings. The van der Waals surface area contributed by atoms with Gasteiger partial charge in [-0.2, -0.15) is 0 Å². The number of nitrogens with one attached hydrogen (secondary N) is 2. The van der Waals surface area contributed by atoms with E-state index in [1.807, 2.05) is 44.2 Å². The molecule has 0 spiro atoms. The third kappa shape index (κ3) is 8.57. The minimum Gasteiger partial charge on any atom is -0.467 e. The second kappa shape index (κ2) is 12.7. The Balaban J connectivity index is 2.35. The standard InChI is InChI=1S/C20H30N2O5/c1-4-16(5-2)18(23)22-17(19(24)26-3)12-9-13-21-20(25)27-14-15-10-7-6-8-11-15/h6-8,10-11,16-17H,4-5,9,12-14H2,1-3H3,(H,21,25)(H,22,23)/t17-/m0/s1. The number of hydrogen-bond donors (Lipinski definition) is 2. The largest absolute Gasteiger partial charge is 0.467 e. The number of alkyl carbamates (subject to hydrolysis) is 1. The highest BCUT2D eigenvalue weighted by Gasteiger charge is 2.24. The Morgan fingerprint density at radius 1 is 1.07 bits per heavy atom. The van der Waals surface area contributed by atoms with E-state index in [2.05, 4.69) is 10.6 Å². The van der Waals surface area contributed by atoms with Crippen molar-refractivity contribution in [3.63, 3.8) is 0 Å². The van der Waals surface area contributed by atoms with Crippen molar-refractivity contribution < 1.29 is 23.9 Å². The van der Waals surface area contributed by atoms with Crippen LogP contribution in [0.1, 0.15) is 45.1 Å². The molecule has 7 nitrogen and oxygen atoms in total. The van der Waals surface area contributed by atoms with Gasteiger partial charge in [0, 0.05) is 12.5 Å². The molecule has 0 saturated carbocycles. The number of benzene rings is 1. The Morgan fingerprint density at radius 3 is 2.33 bits per heavy atom. The molecule has 0 heterocycles. The summed E-state index contributed by atoms with van der Waals surface area (Å²) < 4.78 is 9.88. The maximum Gasteiger partial charge on any atom is 0.407 e. The molecule has 0 saturated heterocycles. The van der Waals surface area contributed by atoms with Crippen LogP contribution in [-0.4, -0.2) is 37.7 Å². The Labute approximate surface area is 160 Å². The van der Waals surface area contributed by atoms with Crippen LogP contribution in [0.25, 0.3) is 0 Å². The van der Waals surface area contributed by atoms with E-state index in [1.165, 1.54) is 7.11 Å². The molecule has 2 N–H and O–H groups in total. The van der Waals surface area contributed by atoms with Gasteiger partial charge in [0.25, 0.3) is 0 Å². The first-order valence-electron chi connectivity index (χ1n) is 9.34. The number of hydrogen-bond acceptors (Lipinski definition) is 5. The molecule has 0 aliphatic rings. The fraction of sp³-hybridized carbons (Fsp3) is 0.550. The maximum atomic E-state index is 12.2. The number of amides is 2. The van der Waals surface area contributed by atoms with Crippen LogP contribution in [0.4, 0.5) is 4.79 Å². The first-order valence-corrected chi connectivity index (χ1v) is 9.34. The van der Waals surface area contributed by atoms with E-state index >= 15 is 0 Å². The van der Waals surface area contributed by atoms with Crippen LogP contribution in [0.3, 0.4) is 0 Å². The molecule has 2 amide bonds. The Bertz CT molecular complexity index is 587. The van der Waals surface area contributed by atoms with Gasteiger partial charge in [0.05, 0.1) is 7.11 Å². The van der Waals surface area contributed by atoms with Gasteiger partial charge in [0.2, 0.25) is 5.91 Å². The SMILES string of the molecule is CCC(CC)C(=O)N[C@@H](CCCNC(=O)OCc1ccccc1)C(=O)OC. The molecule has 150 valence electrons. The summed E-state index contributed by atoms with van der Waals surface area (Å²) in [7, 11) is 1.29. The van der Waals surface area contributed by atoms with Gasteiger partial charge in [-0.1, -0.05) is 44.2 Å². The lowest BCUT2D eigenvalue weighted by molar-refractivity contribution is -0.145. The zero-order valence-corrected chi connectivity index (χ0v) is 16.3. The second-order valence-electron chi connectivity index (χ2n) is 6.23. The number of carbonyl (C=O) groups excluding carboxylic acids is 3. The normalized spacial score (nSPS) is 11.6. The quantitative estimate of drug-likeness (QED) is 0.456. The Morgan fingerprint density at radius 2 is 1.74 bits per heavy atom. The van der Waals surface area contributed by atoms with Gasteiger partial charge in [-0.3, -0.25) is 4.79 Å². The molecule has 1 rings (SSSR count). The van der Waals surface area contributed by atoms with E-state index in [9.17, 15) is 14.4 Å². The fourth-order valence-corrected chi connectivity index (χ4v) is 2.61. The topological polar surface area (TPSA) is 93.7 Å². The second-order valence-corrected chi connectivity index (χ2v) is 6.23. The third-order valence-electron chi connectivity index (χ3n) is 4.31. The zero-order valence-electron chi connectivity index (χ0n) is 16.3. The number of ether oxygens (including phenoxy) is 2. The van der Waals surface area contributed by atoms with E-state index < -0.39 is 18.1 Å². The number of rotatable bonds is 11. The van der Waals surface area contributed by atoms with Gasteiger partial charge in [-0.25, -0.2) is 9.59 Å². The minimum absolute atomic E-state index is 0.122. The van der Waals surface area contributed by atoms with Crippen LogP contribution in [0.15, 0.2) is 30.3 Å². The van der Waals surface area contributed by atoms with E-state index in [4.69, 9.17) is 9.47 Å². The molecule has 0 bridgehead atoms. The van der Waals surface area contributed by atoms with Gasteiger partial charge >= 0.3 is 12.1 Å². The Hall–Kier alpha value is -2.57. The average molecular weight is 378 g/mol. The first kappa shape index (κ1) is 22.5. The van der Waals surface area contributed by atoms with Crippen LogP contribution in [0.5, 0.6) is 0 Å². The van der Waals surface area contributed by atoms with E-state index in [0.717, 1.165) is 5.56 Å². The van der Waals surface area contributed by atoms with Crippen molar-refractivity contribution in [2.45, 2.75) is 52.2 Å². The summed E-state index contributed by atoms with van der Waals surface area (Å²) in [4.78, 5) is 35.8. The van der Waals surface area contributed by atoms with Gasteiger partial charge in [-0.05, 0) is 31.2 Å². The van der Waals surface area contributed by atoms with E-state index in [0.29, 0.717) is 32.2 Å². The summed E-state index contributed by atoms with van der Waals surface area (Å²) in [6.45, 7) is 4.41. The molecule has 1 atom stereocenters. The highest BCUT2D eigenvalue weighted by Crippen LogP contribution is 2.09. The van der Waals surface area contributed by atoms with Crippen molar-refractivity contribution in [1.29, 1.82) is 0 Å². The Kier molecular flexibility index (Phi) is 10.6. The molecule has 7 heteroatoms. The van der Waals surface area contributed by atoms with Crippen LogP contribution in [-0.2, 0) is 25.7 Å². The molecule has 0 aliphatic heterocycles. The molecule has 0 aromatic heterocycles. The molecule has 0 unspecified atom stereocenters. The molecular formula is C20H30N2O5. The number of carbonyl (C=O) groups is 3. The van der Waals surface area contributed by atoms with Crippen LogP contribution < -0.4 is 10.6 Å². The first-order chi connectivity index (χ1) is 13.0. The van der Waals surface area contributed by atoms with Gasteiger partial charge in [0.15, 0.2) is 0 Å². The van der Waals surface area contributed by atoms with E-state index in [-0.39, 0.29) is 18.4 Å². The van der Waals surface area contributed by atoms with Gasteiger partial charge in [0.1, 0.15) is 12.6 Å². The van der Waals surface area contributed by atoms with Crippen molar-refractivity contribution in [1.82, 2.24) is 10.6 Å². The van der Waals surface area contributed by atoms with Crippen molar-refractivity contribution in [2.75, 3.05) is 13.7 Å².